The Hall–Kier alpha value is -3.20. The second kappa shape index (κ2) is 9.35. The maximum Gasteiger partial charge on any atom is 0.417 e. The molecule has 2 aromatic carbocycles. The van der Waals surface area contributed by atoms with Crippen LogP contribution in [0.25, 0.3) is 11.3 Å². The standard InChI is InChI=1S/C27H26F3N3O2S/c1-36-19-7-4-17(5-8-19)15-31-25(35)33-16-26(12-2-3-13-26)24-23(33)11-10-22(32-24)20-9-6-18(34)14-21(20)27(28,29)30/h4-11,14,34H,2-3,12-13,15-16H2,1H3,(H,31,35). The van der Waals surface area contributed by atoms with Gasteiger partial charge in [0, 0.05) is 29.0 Å². The number of rotatable bonds is 4. The average molecular weight is 514 g/mol. The lowest BCUT2D eigenvalue weighted by atomic mass is 9.84. The fourth-order valence-electron chi connectivity index (χ4n) is 5.31. The maximum absolute atomic E-state index is 13.7. The highest BCUT2D eigenvalue weighted by Gasteiger charge is 2.48. The molecule has 2 heterocycles. The Balaban J connectivity index is 1.46. The van der Waals surface area contributed by atoms with Crippen molar-refractivity contribution in [2.24, 2.45) is 0 Å². The van der Waals surface area contributed by atoms with Crippen molar-refractivity contribution in [1.29, 1.82) is 0 Å². The molecule has 1 aliphatic carbocycles. The second-order valence-electron chi connectivity index (χ2n) is 9.37. The van der Waals surface area contributed by atoms with Gasteiger partial charge < -0.3 is 10.4 Å². The highest BCUT2D eigenvalue weighted by atomic mass is 32.2. The summed E-state index contributed by atoms with van der Waals surface area (Å²) >= 11 is 1.65. The minimum atomic E-state index is -4.64. The van der Waals surface area contributed by atoms with Gasteiger partial charge in [-0.25, -0.2) is 9.78 Å². The molecule has 0 bridgehead atoms. The maximum atomic E-state index is 13.7. The molecule has 1 aromatic heterocycles. The van der Waals surface area contributed by atoms with Crippen LogP contribution in [-0.4, -0.2) is 28.9 Å². The van der Waals surface area contributed by atoms with Gasteiger partial charge in [-0.15, -0.1) is 11.8 Å². The van der Waals surface area contributed by atoms with Crippen molar-refractivity contribution in [2.75, 3.05) is 17.7 Å². The Bertz CT molecular complexity index is 1290. The number of aromatic hydroxyl groups is 1. The second-order valence-corrected chi connectivity index (χ2v) is 10.3. The van der Waals surface area contributed by atoms with Crippen LogP contribution >= 0.6 is 11.8 Å². The van der Waals surface area contributed by atoms with Crippen molar-refractivity contribution >= 4 is 23.5 Å². The average Bonchev–Trinajstić information content (AvgIpc) is 3.47. The molecule has 188 valence electrons. The predicted molar refractivity (Wildman–Crippen MR) is 134 cm³/mol. The Morgan fingerprint density at radius 1 is 1.11 bits per heavy atom. The van der Waals surface area contributed by atoms with Crippen LogP contribution in [0.15, 0.2) is 59.5 Å². The van der Waals surface area contributed by atoms with Gasteiger partial charge in [0.05, 0.1) is 22.6 Å². The number of benzene rings is 2. The van der Waals surface area contributed by atoms with Crippen LogP contribution in [0.1, 0.15) is 42.5 Å². The van der Waals surface area contributed by atoms with Crippen LogP contribution < -0.4 is 10.2 Å². The number of anilines is 1. The molecule has 1 saturated carbocycles. The Morgan fingerprint density at radius 2 is 1.83 bits per heavy atom. The van der Waals surface area contributed by atoms with Crippen molar-refractivity contribution in [3.8, 4) is 17.0 Å². The fourth-order valence-corrected chi connectivity index (χ4v) is 5.72. The topological polar surface area (TPSA) is 65.5 Å². The smallest absolute Gasteiger partial charge is 0.417 e. The number of urea groups is 1. The number of thioether (sulfide) groups is 1. The number of halogens is 3. The molecule has 0 atom stereocenters. The first-order valence-corrected chi connectivity index (χ1v) is 13.0. The summed E-state index contributed by atoms with van der Waals surface area (Å²) in [6, 6.07) is 14.2. The van der Waals surface area contributed by atoms with Crippen molar-refractivity contribution in [1.82, 2.24) is 10.3 Å². The van der Waals surface area contributed by atoms with Gasteiger partial charge >= 0.3 is 12.2 Å². The first-order chi connectivity index (χ1) is 17.2. The van der Waals surface area contributed by atoms with Gasteiger partial charge in [-0.2, -0.15) is 13.2 Å². The number of hydrogen-bond acceptors (Lipinski definition) is 4. The lowest BCUT2D eigenvalue weighted by Crippen LogP contribution is -2.41. The number of phenols is 1. The highest BCUT2D eigenvalue weighted by molar-refractivity contribution is 7.98. The molecular weight excluding hydrogens is 487 g/mol. The number of nitrogens with zero attached hydrogens (tertiary/aromatic N) is 2. The molecule has 2 aliphatic rings. The first kappa shape index (κ1) is 24.5. The number of amides is 2. The van der Waals surface area contributed by atoms with Crippen LogP contribution in [0, 0.1) is 0 Å². The van der Waals surface area contributed by atoms with Gasteiger partial charge in [-0.3, -0.25) is 4.90 Å². The summed E-state index contributed by atoms with van der Waals surface area (Å²) in [5.41, 5.74) is 1.10. The van der Waals surface area contributed by atoms with Crippen LogP contribution in [-0.2, 0) is 18.1 Å². The SMILES string of the molecule is CSc1ccc(CNC(=O)N2CC3(CCCC3)c3nc(-c4ccc(O)cc4C(F)(F)F)ccc32)cc1. The number of pyridine rings is 1. The molecule has 0 unspecified atom stereocenters. The third kappa shape index (κ3) is 4.52. The first-order valence-electron chi connectivity index (χ1n) is 11.8. The molecular formula is C27H26F3N3O2S. The van der Waals surface area contributed by atoms with Gasteiger partial charge in [-0.05, 0) is 67.1 Å². The van der Waals surface area contributed by atoms with Gasteiger partial charge in [0.25, 0.3) is 0 Å². The number of carbonyl (C=O) groups excluding carboxylic acids is 1. The molecule has 2 N–H and O–H groups in total. The monoisotopic (exact) mass is 513 g/mol. The van der Waals surface area contributed by atoms with Crippen molar-refractivity contribution in [3.05, 3.63) is 71.4 Å². The summed E-state index contributed by atoms with van der Waals surface area (Å²) in [6.07, 6.45) is 0.993. The molecule has 36 heavy (non-hydrogen) atoms. The number of aromatic nitrogens is 1. The van der Waals surface area contributed by atoms with Gasteiger partial charge in [-0.1, -0.05) is 25.0 Å². The van der Waals surface area contributed by atoms with Gasteiger partial charge in [0.1, 0.15) is 5.75 Å². The fraction of sp³-hybridized carbons (Fsp3) is 0.333. The predicted octanol–water partition coefficient (Wildman–Crippen LogP) is 6.74. The molecule has 2 amide bonds. The van der Waals surface area contributed by atoms with Crippen molar-refractivity contribution in [2.45, 2.75) is 48.7 Å². The largest absolute Gasteiger partial charge is 0.508 e. The number of carbonyl (C=O) groups is 1. The van der Waals surface area contributed by atoms with E-state index in [4.69, 9.17) is 4.98 Å². The molecule has 3 aromatic rings. The van der Waals surface area contributed by atoms with E-state index in [-0.39, 0.29) is 22.7 Å². The number of phenolic OH excluding ortho intramolecular Hbond substituents is 1. The van der Waals surface area contributed by atoms with Crippen LogP contribution in [0.4, 0.5) is 23.7 Å². The van der Waals surface area contributed by atoms with E-state index in [9.17, 15) is 23.1 Å². The summed E-state index contributed by atoms with van der Waals surface area (Å²) in [4.78, 5) is 20.8. The van der Waals surface area contributed by atoms with E-state index in [0.717, 1.165) is 42.2 Å². The zero-order valence-electron chi connectivity index (χ0n) is 19.7. The van der Waals surface area contributed by atoms with Crippen molar-refractivity contribution < 1.29 is 23.1 Å². The van der Waals surface area contributed by atoms with Crippen LogP contribution in [0.2, 0.25) is 0 Å². The number of fused-ring (bicyclic) bond motifs is 2. The molecule has 1 fully saturated rings. The number of nitrogens with one attached hydrogen (secondary N) is 1. The lowest BCUT2D eigenvalue weighted by Gasteiger charge is -2.24. The van der Waals surface area contributed by atoms with E-state index in [1.165, 1.54) is 18.2 Å². The summed E-state index contributed by atoms with van der Waals surface area (Å²) < 4.78 is 41.1. The van der Waals surface area contributed by atoms with E-state index in [1.54, 1.807) is 22.7 Å². The minimum absolute atomic E-state index is 0.0900. The van der Waals surface area contributed by atoms with Gasteiger partial charge in [0.2, 0.25) is 0 Å². The molecule has 9 heteroatoms. The Kier molecular flexibility index (Phi) is 6.36. The highest BCUT2D eigenvalue weighted by Crippen LogP contribution is 2.50. The third-order valence-electron chi connectivity index (χ3n) is 7.12. The van der Waals surface area contributed by atoms with Crippen LogP contribution in [0.3, 0.4) is 0 Å². The summed E-state index contributed by atoms with van der Waals surface area (Å²) in [7, 11) is 0. The molecule has 5 nitrogen and oxygen atoms in total. The summed E-state index contributed by atoms with van der Waals surface area (Å²) in [5, 5.41) is 12.6. The molecule has 1 spiro atoms. The van der Waals surface area contributed by atoms with E-state index in [2.05, 4.69) is 5.32 Å². The van der Waals surface area contributed by atoms with Gasteiger partial charge in [0.15, 0.2) is 0 Å². The summed E-state index contributed by atoms with van der Waals surface area (Å²) in [6.45, 7) is 0.831. The molecule has 5 rings (SSSR count). The quantitative estimate of drug-likeness (QED) is 0.380. The van der Waals surface area contributed by atoms with E-state index in [0.29, 0.717) is 24.5 Å². The Morgan fingerprint density at radius 3 is 2.50 bits per heavy atom. The number of hydrogen-bond donors (Lipinski definition) is 2. The van der Waals surface area contributed by atoms with E-state index >= 15 is 0 Å². The number of alkyl halides is 3. The lowest BCUT2D eigenvalue weighted by molar-refractivity contribution is -0.137. The van der Waals surface area contributed by atoms with E-state index in [1.807, 2.05) is 30.5 Å². The third-order valence-corrected chi connectivity index (χ3v) is 7.86. The summed E-state index contributed by atoms with van der Waals surface area (Å²) in [5.74, 6) is -0.453. The normalized spacial score (nSPS) is 16.4. The molecule has 1 aliphatic heterocycles. The zero-order chi connectivity index (χ0) is 25.5. The molecule has 0 radical (unpaired) electrons. The zero-order valence-corrected chi connectivity index (χ0v) is 20.5. The van der Waals surface area contributed by atoms with Crippen molar-refractivity contribution in [3.63, 3.8) is 0 Å². The molecule has 0 saturated heterocycles. The Labute approximate surface area is 211 Å². The van der Waals surface area contributed by atoms with Crippen LogP contribution in [0.5, 0.6) is 5.75 Å². The van der Waals surface area contributed by atoms with E-state index < -0.39 is 17.5 Å². The minimum Gasteiger partial charge on any atom is -0.508 e.